The molecule has 0 bridgehead atoms. The second-order valence-corrected chi connectivity index (χ2v) is 6.02. The summed E-state index contributed by atoms with van der Waals surface area (Å²) in [5, 5.41) is 10.4. The molecule has 2 heterocycles. The molecule has 1 aliphatic rings. The van der Waals surface area contributed by atoms with Crippen molar-refractivity contribution in [1.82, 2.24) is 4.98 Å². The van der Waals surface area contributed by atoms with Gasteiger partial charge in [0.25, 0.3) is 11.7 Å². The van der Waals surface area contributed by atoms with Crippen molar-refractivity contribution in [2.24, 2.45) is 0 Å². The summed E-state index contributed by atoms with van der Waals surface area (Å²) < 4.78 is 0.561. The highest BCUT2D eigenvalue weighted by molar-refractivity contribution is 9.10. The van der Waals surface area contributed by atoms with Gasteiger partial charge in [0, 0.05) is 9.85 Å². The number of carbonyl (C=O) groups is 3. The first-order valence-corrected chi connectivity index (χ1v) is 7.48. The molecule has 1 N–H and O–H groups in total. The van der Waals surface area contributed by atoms with E-state index in [-0.39, 0.29) is 11.6 Å². The first kappa shape index (κ1) is 13.9. The van der Waals surface area contributed by atoms with E-state index in [9.17, 15) is 14.4 Å². The van der Waals surface area contributed by atoms with Crippen molar-refractivity contribution >= 4 is 50.6 Å². The van der Waals surface area contributed by atoms with Gasteiger partial charge in [-0.15, -0.1) is 11.3 Å². The molecule has 1 aliphatic heterocycles. The number of amides is 1. The summed E-state index contributed by atoms with van der Waals surface area (Å²) in [7, 11) is 0. The number of aromatic nitrogens is 1. The number of thiazole rings is 1. The fraction of sp³-hybridized carbons (Fsp3) is 0.0769. The molecule has 1 aromatic carbocycles. The van der Waals surface area contributed by atoms with Crippen molar-refractivity contribution in [3.05, 3.63) is 44.3 Å². The average molecular weight is 367 g/mol. The quantitative estimate of drug-likeness (QED) is 0.842. The van der Waals surface area contributed by atoms with E-state index in [1.54, 1.807) is 23.6 Å². The number of halogens is 1. The minimum absolute atomic E-state index is 0.0440. The molecular formula is C13H7BrN2O4S. The molecule has 106 valence electrons. The van der Waals surface area contributed by atoms with Gasteiger partial charge in [0.1, 0.15) is 0 Å². The van der Waals surface area contributed by atoms with Crippen molar-refractivity contribution in [3.63, 3.8) is 0 Å². The molecule has 0 spiro atoms. The fourth-order valence-electron chi connectivity index (χ4n) is 2.10. The molecule has 6 nitrogen and oxygen atoms in total. The van der Waals surface area contributed by atoms with Gasteiger partial charge in [0.05, 0.1) is 23.5 Å². The average Bonchev–Trinajstić information content (AvgIpc) is 3.00. The second-order valence-electron chi connectivity index (χ2n) is 4.30. The van der Waals surface area contributed by atoms with Crippen molar-refractivity contribution in [3.8, 4) is 0 Å². The van der Waals surface area contributed by atoms with Crippen molar-refractivity contribution in [2.75, 3.05) is 4.90 Å². The standard InChI is InChI=1S/C13H7BrN2O4S/c14-7-2-1-3-8-9(7)10(17)12(18)16(8)4-6-5-21-11(15-6)13(19)20/h1-3,5H,4H2,(H,19,20). The lowest BCUT2D eigenvalue weighted by Gasteiger charge is -2.14. The summed E-state index contributed by atoms with van der Waals surface area (Å²) in [4.78, 5) is 40.1. The number of Topliss-reactive ketones (excluding diaryl/α,β-unsaturated/α-hetero) is 1. The molecule has 0 fully saturated rings. The number of ketones is 1. The van der Waals surface area contributed by atoms with Crippen LogP contribution in [0.25, 0.3) is 0 Å². The first-order chi connectivity index (χ1) is 9.99. The molecule has 0 radical (unpaired) electrons. The zero-order valence-electron chi connectivity index (χ0n) is 10.4. The highest BCUT2D eigenvalue weighted by Gasteiger charge is 2.37. The van der Waals surface area contributed by atoms with Gasteiger partial charge >= 0.3 is 5.97 Å². The zero-order valence-corrected chi connectivity index (χ0v) is 12.8. The summed E-state index contributed by atoms with van der Waals surface area (Å²) in [5.41, 5.74) is 1.27. The van der Waals surface area contributed by atoms with Crippen molar-refractivity contribution in [2.45, 2.75) is 6.54 Å². The predicted octanol–water partition coefficient (Wildman–Crippen LogP) is 2.33. The number of aromatic carboxylic acids is 1. The molecular weight excluding hydrogens is 360 g/mol. The van der Waals surface area contributed by atoms with Gasteiger partial charge in [-0.25, -0.2) is 9.78 Å². The summed E-state index contributed by atoms with van der Waals surface area (Å²) in [6.07, 6.45) is 0. The minimum atomic E-state index is -1.11. The Hall–Kier alpha value is -2.06. The van der Waals surface area contributed by atoms with E-state index in [2.05, 4.69) is 20.9 Å². The third-order valence-electron chi connectivity index (χ3n) is 3.00. The minimum Gasteiger partial charge on any atom is -0.476 e. The summed E-state index contributed by atoms with van der Waals surface area (Å²) in [6, 6.07) is 5.10. The van der Waals surface area contributed by atoms with E-state index < -0.39 is 17.7 Å². The number of nitrogens with zero attached hydrogens (tertiary/aromatic N) is 2. The van der Waals surface area contributed by atoms with Gasteiger partial charge in [-0.1, -0.05) is 6.07 Å². The molecule has 1 aromatic heterocycles. The monoisotopic (exact) mass is 366 g/mol. The fourth-order valence-corrected chi connectivity index (χ4v) is 3.28. The van der Waals surface area contributed by atoms with Crippen LogP contribution in [0.1, 0.15) is 25.9 Å². The van der Waals surface area contributed by atoms with E-state index in [1.807, 2.05) is 0 Å². The van der Waals surface area contributed by atoms with Gasteiger partial charge in [-0.05, 0) is 28.1 Å². The SMILES string of the molecule is O=C(O)c1nc(CN2C(=O)C(=O)c3c(Br)cccc32)cs1. The Kier molecular flexibility index (Phi) is 3.34. The smallest absolute Gasteiger partial charge is 0.365 e. The molecule has 3 rings (SSSR count). The Bertz CT molecular complexity index is 786. The molecule has 0 unspecified atom stereocenters. The van der Waals surface area contributed by atoms with Crippen LogP contribution in [0, 0.1) is 0 Å². The van der Waals surface area contributed by atoms with Gasteiger partial charge < -0.3 is 5.11 Å². The molecule has 2 aromatic rings. The maximum Gasteiger partial charge on any atom is 0.365 e. The Morgan fingerprint density at radius 2 is 2.14 bits per heavy atom. The topological polar surface area (TPSA) is 87.6 Å². The van der Waals surface area contributed by atoms with E-state index >= 15 is 0 Å². The van der Waals surface area contributed by atoms with E-state index in [0.717, 1.165) is 11.3 Å². The Balaban J connectivity index is 1.96. The van der Waals surface area contributed by atoms with Gasteiger partial charge in [0.15, 0.2) is 0 Å². The molecule has 0 atom stereocenters. The number of carboxylic acid groups (broad SMARTS) is 1. The van der Waals surface area contributed by atoms with E-state index in [0.29, 0.717) is 21.4 Å². The lowest BCUT2D eigenvalue weighted by Crippen LogP contribution is -2.29. The van der Waals surface area contributed by atoms with Crippen molar-refractivity contribution < 1.29 is 19.5 Å². The van der Waals surface area contributed by atoms with Crippen LogP contribution >= 0.6 is 27.3 Å². The maximum atomic E-state index is 12.1. The van der Waals surface area contributed by atoms with Crippen LogP contribution in [-0.2, 0) is 11.3 Å². The molecule has 8 heteroatoms. The third-order valence-corrected chi connectivity index (χ3v) is 4.54. The number of carboxylic acids is 1. The largest absolute Gasteiger partial charge is 0.476 e. The van der Waals surface area contributed by atoms with Crippen molar-refractivity contribution in [1.29, 1.82) is 0 Å². The summed E-state index contributed by atoms with van der Waals surface area (Å²) in [6.45, 7) is 0.0673. The zero-order chi connectivity index (χ0) is 15.1. The van der Waals surface area contributed by atoms with Crippen LogP contribution in [0.4, 0.5) is 5.69 Å². The molecule has 0 saturated heterocycles. The lowest BCUT2D eigenvalue weighted by molar-refractivity contribution is -0.114. The number of anilines is 1. The normalized spacial score (nSPS) is 13.7. The first-order valence-electron chi connectivity index (χ1n) is 5.81. The van der Waals surface area contributed by atoms with Crippen LogP contribution in [0.15, 0.2) is 28.1 Å². The van der Waals surface area contributed by atoms with Crippen LogP contribution in [0.2, 0.25) is 0 Å². The van der Waals surface area contributed by atoms with Crippen LogP contribution in [0.5, 0.6) is 0 Å². The van der Waals surface area contributed by atoms with Gasteiger partial charge in [0.2, 0.25) is 5.01 Å². The van der Waals surface area contributed by atoms with Crippen LogP contribution < -0.4 is 4.90 Å². The second kappa shape index (κ2) is 5.05. The third kappa shape index (κ3) is 2.26. The highest BCUT2D eigenvalue weighted by atomic mass is 79.9. The number of rotatable bonds is 3. The number of carbonyl (C=O) groups excluding carboxylic acids is 2. The number of hydrogen-bond acceptors (Lipinski definition) is 5. The summed E-state index contributed by atoms with van der Waals surface area (Å²) >= 11 is 4.24. The molecule has 21 heavy (non-hydrogen) atoms. The Morgan fingerprint density at radius 3 is 2.81 bits per heavy atom. The molecule has 0 aliphatic carbocycles. The van der Waals surface area contributed by atoms with E-state index in [4.69, 9.17) is 5.11 Å². The van der Waals surface area contributed by atoms with Gasteiger partial charge in [-0.3, -0.25) is 14.5 Å². The number of hydrogen-bond donors (Lipinski definition) is 1. The highest BCUT2D eigenvalue weighted by Crippen LogP contribution is 2.35. The van der Waals surface area contributed by atoms with Crippen LogP contribution in [0.3, 0.4) is 0 Å². The van der Waals surface area contributed by atoms with Gasteiger partial charge in [-0.2, -0.15) is 0 Å². The summed E-state index contributed by atoms with van der Waals surface area (Å²) in [5.74, 6) is -2.33. The number of benzene rings is 1. The van der Waals surface area contributed by atoms with E-state index in [1.165, 1.54) is 4.90 Å². The van der Waals surface area contributed by atoms with Crippen LogP contribution in [-0.4, -0.2) is 27.8 Å². The maximum absolute atomic E-state index is 12.1. The lowest BCUT2D eigenvalue weighted by atomic mass is 10.1. The predicted molar refractivity (Wildman–Crippen MR) is 78.7 cm³/mol. The number of fused-ring (bicyclic) bond motifs is 1. The Labute approximate surface area is 131 Å². The molecule has 0 saturated carbocycles. The Morgan fingerprint density at radius 1 is 1.38 bits per heavy atom. The molecule has 1 amide bonds.